The summed E-state index contributed by atoms with van der Waals surface area (Å²) in [5.74, 6) is 2.13. The number of amides is 1. The Morgan fingerprint density at radius 2 is 1.79 bits per heavy atom. The molecule has 1 aliphatic heterocycles. The van der Waals surface area contributed by atoms with Gasteiger partial charge in [-0.15, -0.1) is 0 Å². The zero-order chi connectivity index (χ0) is 23.0. The van der Waals surface area contributed by atoms with Gasteiger partial charge in [0.25, 0.3) is 0 Å². The summed E-state index contributed by atoms with van der Waals surface area (Å²) >= 11 is 0. The number of carbonyl (C=O) groups is 1. The van der Waals surface area contributed by atoms with Gasteiger partial charge in [-0.1, -0.05) is 31.0 Å². The van der Waals surface area contributed by atoms with Crippen LogP contribution in [-0.4, -0.2) is 54.1 Å². The number of piperazine rings is 1. The molecular weight excluding hydrogens is 412 g/mol. The van der Waals surface area contributed by atoms with Crippen LogP contribution in [0.4, 0.5) is 11.5 Å². The number of rotatable bonds is 8. The third-order valence-electron chi connectivity index (χ3n) is 6.82. The van der Waals surface area contributed by atoms with Gasteiger partial charge in [-0.25, -0.2) is 4.98 Å². The maximum atomic E-state index is 12.3. The van der Waals surface area contributed by atoms with E-state index in [2.05, 4.69) is 59.4 Å². The number of nitrogens with zero attached hydrogens (tertiary/aromatic N) is 3. The van der Waals surface area contributed by atoms with Crippen LogP contribution in [-0.2, 0) is 4.79 Å². The molecule has 1 saturated carbocycles. The molecule has 4 rings (SSSR count). The Bertz CT molecular complexity index is 885. The van der Waals surface area contributed by atoms with Gasteiger partial charge in [-0.3, -0.25) is 4.79 Å². The van der Waals surface area contributed by atoms with Crippen molar-refractivity contribution in [3.8, 4) is 5.75 Å². The van der Waals surface area contributed by atoms with Gasteiger partial charge in [-0.2, -0.15) is 0 Å². The highest BCUT2D eigenvalue weighted by Gasteiger charge is 2.24. The highest BCUT2D eigenvalue weighted by atomic mass is 16.5. The zero-order valence-electron chi connectivity index (χ0n) is 20.1. The molecule has 6 nitrogen and oxygen atoms in total. The molecule has 1 aromatic carbocycles. The van der Waals surface area contributed by atoms with Crippen LogP contribution in [0.5, 0.6) is 5.75 Å². The van der Waals surface area contributed by atoms with Crippen molar-refractivity contribution >= 4 is 17.4 Å². The maximum Gasteiger partial charge on any atom is 0.222 e. The number of aromatic nitrogens is 1. The third-order valence-corrected chi connectivity index (χ3v) is 6.82. The minimum Gasteiger partial charge on any atom is -0.490 e. The molecule has 1 aliphatic carbocycles. The molecule has 1 amide bonds. The fourth-order valence-electron chi connectivity index (χ4n) is 4.72. The van der Waals surface area contributed by atoms with Gasteiger partial charge < -0.3 is 19.9 Å². The molecule has 1 aromatic heterocycles. The van der Waals surface area contributed by atoms with Crippen molar-refractivity contribution in [2.24, 2.45) is 0 Å². The molecule has 33 heavy (non-hydrogen) atoms. The summed E-state index contributed by atoms with van der Waals surface area (Å²) in [6.07, 6.45) is 9.14. The van der Waals surface area contributed by atoms with Crippen LogP contribution in [0.25, 0.3) is 0 Å². The molecule has 0 unspecified atom stereocenters. The smallest absolute Gasteiger partial charge is 0.222 e. The number of carbonyl (C=O) groups excluding carboxylic acids is 1. The van der Waals surface area contributed by atoms with Crippen LogP contribution in [0.15, 0.2) is 42.6 Å². The number of nitrogens with one attached hydrogen (secondary N) is 1. The van der Waals surface area contributed by atoms with Crippen LogP contribution in [0.1, 0.15) is 57.4 Å². The van der Waals surface area contributed by atoms with E-state index in [9.17, 15) is 4.79 Å². The van der Waals surface area contributed by atoms with Gasteiger partial charge in [-0.05, 0) is 57.2 Å². The van der Waals surface area contributed by atoms with E-state index in [4.69, 9.17) is 4.74 Å². The second kappa shape index (κ2) is 11.4. The number of hydrogen-bond donors (Lipinski definition) is 1. The molecule has 0 atom stereocenters. The van der Waals surface area contributed by atoms with Crippen molar-refractivity contribution in [2.45, 2.75) is 70.9 Å². The van der Waals surface area contributed by atoms with Crippen molar-refractivity contribution in [1.29, 1.82) is 0 Å². The topological polar surface area (TPSA) is 57.7 Å². The van der Waals surface area contributed by atoms with Crippen molar-refractivity contribution in [3.63, 3.8) is 0 Å². The van der Waals surface area contributed by atoms with E-state index in [1.807, 2.05) is 17.2 Å². The number of pyridine rings is 1. The number of unbranched alkanes of at least 4 members (excludes halogenated alkanes) is 1. The summed E-state index contributed by atoms with van der Waals surface area (Å²) in [7, 11) is 0. The molecule has 1 N–H and O–H groups in total. The maximum absolute atomic E-state index is 12.3. The van der Waals surface area contributed by atoms with E-state index in [-0.39, 0.29) is 12.0 Å². The monoisotopic (exact) mass is 450 g/mol. The number of benzene rings is 1. The lowest BCUT2D eigenvalue weighted by Gasteiger charge is -2.35. The van der Waals surface area contributed by atoms with Crippen LogP contribution in [0, 0.1) is 6.92 Å². The first kappa shape index (κ1) is 23.4. The molecule has 2 aromatic rings. The average Bonchev–Trinajstić information content (AvgIpc) is 2.85. The van der Waals surface area contributed by atoms with Gasteiger partial charge >= 0.3 is 0 Å². The predicted molar refractivity (Wildman–Crippen MR) is 134 cm³/mol. The normalized spacial score (nSPS) is 21.0. The highest BCUT2D eigenvalue weighted by Crippen LogP contribution is 2.28. The molecule has 6 heteroatoms. The zero-order valence-corrected chi connectivity index (χ0v) is 20.1. The Morgan fingerprint density at radius 3 is 2.48 bits per heavy atom. The molecule has 1 saturated heterocycles. The average molecular weight is 451 g/mol. The van der Waals surface area contributed by atoms with Crippen LogP contribution in [0.2, 0.25) is 0 Å². The first-order valence-electron chi connectivity index (χ1n) is 12.6. The molecule has 2 heterocycles. The van der Waals surface area contributed by atoms with E-state index in [1.54, 1.807) is 0 Å². The lowest BCUT2D eigenvalue weighted by atomic mass is 9.92. The van der Waals surface area contributed by atoms with E-state index < -0.39 is 0 Å². The fraction of sp³-hybridized carbons (Fsp3) is 0.556. The Balaban J connectivity index is 1.23. The molecule has 0 spiro atoms. The standard InChI is InChI=1S/C27H38N4O2/c1-3-4-5-27(32)31-18-16-30(17-19-31)26-20-25(14-15-28-26)33-24-12-10-23(11-13-24)29-22-8-6-21(2)7-9-22/h6-9,14-15,20,23-24,29H,3-5,10-13,16-19H2,1-2H3. The van der Waals surface area contributed by atoms with E-state index >= 15 is 0 Å². The van der Waals surface area contributed by atoms with E-state index in [0.29, 0.717) is 12.5 Å². The number of hydrogen-bond acceptors (Lipinski definition) is 5. The molecule has 2 aliphatic rings. The van der Waals surface area contributed by atoms with Crippen molar-refractivity contribution < 1.29 is 9.53 Å². The van der Waals surface area contributed by atoms with Crippen molar-refractivity contribution in [2.75, 3.05) is 36.4 Å². The fourth-order valence-corrected chi connectivity index (χ4v) is 4.72. The Kier molecular flexibility index (Phi) is 8.08. The van der Waals surface area contributed by atoms with Crippen LogP contribution >= 0.6 is 0 Å². The van der Waals surface area contributed by atoms with Gasteiger partial charge in [0.15, 0.2) is 0 Å². The largest absolute Gasteiger partial charge is 0.490 e. The second-order valence-corrected chi connectivity index (χ2v) is 9.42. The molecule has 0 radical (unpaired) electrons. The first-order chi connectivity index (χ1) is 16.1. The highest BCUT2D eigenvalue weighted by molar-refractivity contribution is 5.76. The predicted octanol–water partition coefficient (Wildman–Crippen LogP) is 5.03. The summed E-state index contributed by atoms with van der Waals surface area (Å²) in [5, 5.41) is 3.67. The Hall–Kier alpha value is -2.76. The Morgan fingerprint density at radius 1 is 1.06 bits per heavy atom. The van der Waals surface area contributed by atoms with Gasteiger partial charge in [0.05, 0.1) is 6.10 Å². The second-order valence-electron chi connectivity index (χ2n) is 9.42. The lowest BCUT2D eigenvalue weighted by Crippen LogP contribution is -2.49. The summed E-state index contributed by atoms with van der Waals surface area (Å²) in [4.78, 5) is 21.1. The first-order valence-corrected chi connectivity index (χ1v) is 12.6. The minimum atomic E-state index is 0.254. The number of anilines is 2. The summed E-state index contributed by atoms with van der Waals surface area (Å²) in [5.41, 5.74) is 2.49. The summed E-state index contributed by atoms with van der Waals surface area (Å²) in [6.45, 7) is 7.43. The van der Waals surface area contributed by atoms with E-state index in [1.165, 1.54) is 11.3 Å². The summed E-state index contributed by atoms with van der Waals surface area (Å²) in [6, 6.07) is 13.2. The Labute approximate surface area is 198 Å². The molecular formula is C27H38N4O2. The van der Waals surface area contributed by atoms with Crippen molar-refractivity contribution in [3.05, 3.63) is 48.2 Å². The van der Waals surface area contributed by atoms with Gasteiger partial charge in [0.1, 0.15) is 11.6 Å². The van der Waals surface area contributed by atoms with Crippen molar-refractivity contribution in [1.82, 2.24) is 9.88 Å². The molecule has 178 valence electrons. The van der Waals surface area contributed by atoms with Crippen LogP contribution in [0.3, 0.4) is 0 Å². The van der Waals surface area contributed by atoms with Gasteiger partial charge in [0.2, 0.25) is 5.91 Å². The van der Waals surface area contributed by atoms with Crippen LogP contribution < -0.4 is 15.0 Å². The lowest BCUT2D eigenvalue weighted by molar-refractivity contribution is -0.131. The minimum absolute atomic E-state index is 0.254. The van der Waals surface area contributed by atoms with E-state index in [0.717, 1.165) is 76.3 Å². The quantitative estimate of drug-likeness (QED) is 0.611. The summed E-state index contributed by atoms with van der Waals surface area (Å²) < 4.78 is 6.35. The van der Waals surface area contributed by atoms with Gasteiger partial charge in [0, 0.05) is 56.6 Å². The molecule has 0 bridgehead atoms. The third kappa shape index (κ3) is 6.62. The SMILES string of the molecule is CCCCC(=O)N1CCN(c2cc(OC3CCC(Nc4ccc(C)cc4)CC3)ccn2)CC1. The number of aryl methyl sites for hydroxylation is 1. The number of ether oxygens (including phenoxy) is 1. The molecule has 2 fully saturated rings.